The van der Waals surface area contributed by atoms with Gasteiger partial charge in [0.2, 0.25) is 0 Å². The summed E-state index contributed by atoms with van der Waals surface area (Å²) in [5, 5.41) is 0.927. The fourth-order valence-corrected chi connectivity index (χ4v) is 2.64. The lowest BCUT2D eigenvalue weighted by atomic mass is 9.90. The van der Waals surface area contributed by atoms with Crippen LogP contribution in [0.25, 0.3) is 10.9 Å². The van der Waals surface area contributed by atoms with Crippen LogP contribution in [0, 0.1) is 0 Å². The van der Waals surface area contributed by atoms with E-state index in [1.165, 1.54) is 12.1 Å². The first kappa shape index (κ1) is 14.6. The van der Waals surface area contributed by atoms with Gasteiger partial charge in [0.05, 0.1) is 11.1 Å². The van der Waals surface area contributed by atoms with Crippen LogP contribution >= 0.6 is 0 Å². The zero-order valence-corrected chi connectivity index (χ0v) is 11.9. The number of hydrogen-bond acceptors (Lipinski definition) is 1. The summed E-state index contributed by atoms with van der Waals surface area (Å²) < 4.78 is 39.5. The molecule has 3 rings (SSSR count). The monoisotopic (exact) mass is 301 g/mol. The van der Waals surface area contributed by atoms with Crippen molar-refractivity contribution < 1.29 is 13.2 Å². The van der Waals surface area contributed by atoms with E-state index < -0.39 is 11.7 Å². The van der Waals surface area contributed by atoms with Gasteiger partial charge >= 0.3 is 6.18 Å². The maximum atomic E-state index is 13.2. The molecule has 0 saturated carbocycles. The first-order valence-electron chi connectivity index (χ1n) is 6.97. The van der Waals surface area contributed by atoms with E-state index in [1.807, 2.05) is 30.3 Å². The largest absolute Gasteiger partial charge is 0.416 e. The number of fused-ring (bicyclic) bond motifs is 1. The van der Waals surface area contributed by atoms with E-state index in [2.05, 4.69) is 4.98 Å². The second-order valence-corrected chi connectivity index (χ2v) is 5.27. The van der Waals surface area contributed by atoms with Crippen molar-refractivity contribution in [2.24, 2.45) is 0 Å². The summed E-state index contributed by atoms with van der Waals surface area (Å²) >= 11 is 0. The van der Waals surface area contributed by atoms with Gasteiger partial charge in [-0.3, -0.25) is 4.98 Å². The van der Waals surface area contributed by atoms with Crippen molar-refractivity contribution in [1.82, 2.24) is 4.98 Å². The molecule has 1 atom stereocenters. The highest BCUT2D eigenvalue weighted by atomic mass is 19.4. The van der Waals surface area contributed by atoms with E-state index in [4.69, 9.17) is 0 Å². The lowest BCUT2D eigenvalue weighted by molar-refractivity contribution is -0.138. The van der Waals surface area contributed by atoms with Crippen LogP contribution in [0.15, 0.2) is 60.8 Å². The molecule has 0 bridgehead atoms. The molecule has 0 aliphatic heterocycles. The molecule has 1 nitrogen and oxygen atoms in total. The molecule has 3 aromatic rings. The Bertz CT molecular complexity index is 809. The van der Waals surface area contributed by atoms with Crippen molar-refractivity contribution in [1.29, 1.82) is 0 Å². The summed E-state index contributed by atoms with van der Waals surface area (Å²) in [4.78, 5) is 4.34. The molecule has 4 heteroatoms. The fraction of sp³-hybridized carbons (Fsp3) is 0.167. The Balaban J connectivity index is 2.08. The Morgan fingerprint density at radius 3 is 2.41 bits per heavy atom. The zero-order valence-electron chi connectivity index (χ0n) is 11.9. The standard InChI is InChI=1S/C18H14F3N/c1-12(15-7-3-4-8-16(15)18(19,20)21)14-10-13-6-2-5-9-17(13)22-11-14/h2-12H,1H3. The van der Waals surface area contributed by atoms with Gasteiger partial charge < -0.3 is 0 Å². The molecular formula is C18H14F3N. The van der Waals surface area contributed by atoms with E-state index in [-0.39, 0.29) is 11.5 Å². The Hall–Kier alpha value is -2.36. The SMILES string of the molecule is CC(c1cnc2ccccc2c1)c1ccccc1C(F)(F)F. The number of rotatable bonds is 2. The Labute approximate surface area is 126 Å². The number of halogens is 3. The quantitative estimate of drug-likeness (QED) is 0.617. The minimum atomic E-state index is -4.35. The molecule has 1 aromatic heterocycles. The highest BCUT2D eigenvalue weighted by Gasteiger charge is 2.34. The number of pyridine rings is 1. The van der Waals surface area contributed by atoms with Gasteiger partial charge in [0.1, 0.15) is 0 Å². The molecule has 2 aromatic carbocycles. The third-order valence-electron chi connectivity index (χ3n) is 3.84. The van der Waals surface area contributed by atoms with E-state index in [1.54, 1.807) is 19.2 Å². The molecular weight excluding hydrogens is 287 g/mol. The van der Waals surface area contributed by atoms with Crippen LogP contribution in [0.4, 0.5) is 13.2 Å². The van der Waals surface area contributed by atoms with E-state index >= 15 is 0 Å². The normalized spacial score (nSPS) is 13.3. The lowest BCUT2D eigenvalue weighted by Gasteiger charge is -2.18. The van der Waals surface area contributed by atoms with Gasteiger partial charge in [-0.2, -0.15) is 13.2 Å². The molecule has 22 heavy (non-hydrogen) atoms. The number of para-hydroxylation sites is 1. The maximum Gasteiger partial charge on any atom is 0.416 e. The summed E-state index contributed by atoms with van der Waals surface area (Å²) in [7, 11) is 0. The van der Waals surface area contributed by atoms with Crippen LogP contribution in [0.5, 0.6) is 0 Å². The summed E-state index contributed by atoms with van der Waals surface area (Å²) in [6, 6.07) is 15.2. The Kier molecular flexibility index (Phi) is 3.61. The molecule has 1 unspecified atom stereocenters. The topological polar surface area (TPSA) is 12.9 Å². The smallest absolute Gasteiger partial charge is 0.256 e. The number of benzene rings is 2. The third-order valence-corrected chi connectivity index (χ3v) is 3.84. The van der Waals surface area contributed by atoms with Crippen LogP contribution in [-0.2, 0) is 6.18 Å². The number of hydrogen-bond donors (Lipinski definition) is 0. The molecule has 0 amide bonds. The van der Waals surface area contributed by atoms with Gasteiger partial charge in [0.25, 0.3) is 0 Å². The van der Waals surface area contributed by atoms with Crippen molar-refractivity contribution in [2.75, 3.05) is 0 Å². The summed E-state index contributed by atoms with van der Waals surface area (Å²) in [5.41, 5.74) is 1.29. The Morgan fingerprint density at radius 1 is 0.955 bits per heavy atom. The minimum Gasteiger partial charge on any atom is -0.256 e. The fourth-order valence-electron chi connectivity index (χ4n) is 2.64. The number of aromatic nitrogens is 1. The predicted molar refractivity (Wildman–Crippen MR) is 80.7 cm³/mol. The van der Waals surface area contributed by atoms with Gasteiger partial charge in [-0.25, -0.2) is 0 Å². The van der Waals surface area contributed by atoms with Crippen LogP contribution < -0.4 is 0 Å². The van der Waals surface area contributed by atoms with Gasteiger partial charge in [-0.15, -0.1) is 0 Å². The second-order valence-electron chi connectivity index (χ2n) is 5.27. The average molecular weight is 301 g/mol. The molecule has 0 aliphatic rings. The van der Waals surface area contributed by atoms with Crippen LogP contribution in [0.2, 0.25) is 0 Å². The van der Waals surface area contributed by atoms with Crippen LogP contribution in [0.1, 0.15) is 29.5 Å². The highest BCUT2D eigenvalue weighted by Crippen LogP contribution is 2.37. The Morgan fingerprint density at radius 2 is 1.64 bits per heavy atom. The van der Waals surface area contributed by atoms with E-state index in [9.17, 15) is 13.2 Å². The van der Waals surface area contributed by atoms with Gasteiger partial charge in [-0.1, -0.05) is 43.3 Å². The molecule has 1 heterocycles. The minimum absolute atomic E-state index is 0.270. The maximum absolute atomic E-state index is 13.2. The van der Waals surface area contributed by atoms with Crippen molar-refractivity contribution in [3.8, 4) is 0 Å². The molecule has 0 fully saturated rings. The van der Waals surface area contributed by atoms with Gasteiger partial charge in [-0.05, 0) is 29.3 Å². The molecule has 0 spiro atoms. The lowest BCUT2D eigenvalue weighted by Crippen LogP contribution is -2.11. The van der Waals surface area contributed by atoms with E-state index in [0.717, 1.165) is 22.5 Å². The zero-order chi connectivity index (χ0) is 15.7. The molecule has 0 N–H and O–H groups in total. The molecule has 112 valence electrons. The van der Waals surface area contributed by atoms with Gasteiger partial charge in [0, 0.05) is 17.5 Å². The van der Waals surface area contributed by atoms with Crippen molar-refractivity contribution >= 4 is 10.9 Å². The number of alkyl halides is 3. The third kappa shape index (κ3) is 2.69. The predicted octanol–water partition coefficient (Wildman–Crippen LogP) is 5.41. The summed E-state index contributed by atoms with van der Waals surface area (Å²) in [6.07, 6.45) is -2.70. The summed E-state index contributed by atoms with van der Waals surface area (Å²) in [5.74, 6) is -0.380. The average Bonchev–Trinajstić information content (AvgIpc) is 2.53. The van der Waals surface area contributed by atoms with Gasteiger partial charge in [0.15, 0.2) is 0 Å². The molecule has 0 radical (unpaired) electrons. The molecule has 0 aliphatic carbocycles. The number of nitrogens with zero attached hydrogens (tertiary/aromatic N) is 1. The first-order chi connectivity index (χ1) is 10.5. The van der Waals surface area contributed by atoms with Crippen molar-refractivity contribution in [2.45, 2.75) is 19.0 Å². The summed E-state index contributed by atoms with van der Waals surface area (Å²) in [6.45, 7) is 1.77. The highest BCUT2D eigenvalue weighted by molar-refractivity contribution is 5.79. The first-order valence-corrected chi connectivity index (χ1v) is 6.97. The molecule has 0 saturated heterocycles. The second kappa shape index (κ2) is 5.44. The van der Waals surface area contributed by atoms with E-state index in [0.29, 0.717) is 0 Å². The van der Waals surface area contributed by atoms with Crippen molar-refractivity contribution in [3.63, 3.8) is 0 Å². The van der Waals surface area contributed by atoms with Crippen molar-refractivity contribution in [3.05, 3.63) is 77.5 Å². The van der Waals surface area contributed by atoms with Crippen LogP contribution in [-0.4, -0.2) is 4.98 Å². The van der Waals surface area contributed by atoms with Crippen LogP contribution in [0.3, 0.4) is 0 Å².